The van der Waals surface area contributed by atoms with Crippen molar-refractivity contribution in [2.24, 2.45) is 5.73 Å². The molecule has 0 spiro atoms. The number of rotatable bonds is 8. The molecule has 102 valence electrons. The maximum atomic E-state index is 9.90. The van der Waals surface area contributed by atoms with Crippen molar-refractivity contribution in [3.63, 3.8) is 0 Å². The van der Waals surface area contributed by atoms with Gasteiger partial charge in [-0.05, 0) is 18.4 Å². The van der Waals surface area contributed by atoms with Gasteiger partial charge in [-0.25, -0.2) is 0 Å². The molecule has 0 radical (unpaired) electrons. The molecule has 4 heteroatoms. The van der Waals surface area contributed by atoms with Crippen LogP contribution in [-0.2, 0) is 6.42 Å². The van der Waals surface area contributed by atoms with Crippen LogP contribution in [0.4, 0.5) is 0 Å². The highest BCUT2D eigenvalue weighted by Gasteiger charge is 2.15. The predicted octanol–water partition coefficient (Wildman–Crippen LogP) is 0.278. The number of hydrogen-bond donors (Lipinski definition) is 4. The summed E-state index contributed by atoms with van der Waals surface area (Å²) in [4.78, 5) is 0. The lowest BCUT2D eigenvalue weighted by Crippen LogP contribution is -2.44. The molecule has 1 aromatic rings. The molecular weight excluding hydrogens is 228 g/mol. The third kappa shape index (κ3) is 5.60. The van der Waals surface area contributed by atoms with Gasteiger partial charge in [-0.3, -0.25) is 0 Å². The molecule has 1 unspecified atom stereocenters. The molecule has 0 aliphatic rings. The Bertz CT molecular complexity index is 319. The Morgan fingerprint density at radius 3 is 2.44 bits per heavy atom. The maximum Gasteiger partial charge on any atom is 0.0818 e. The number of hydrogen-bond acceptors (Lipinski definition) is 4. The van der Waals surface area contributed by atoms with E-state index in [1.54, 1.807) is 0 Å². The Morgan fingerprint density at radius 1 is 1.17 bits per heavy atom. The second-order valence-corrected chi connectivity index (χ2v) is 4.64. The monoisotopic (exact) mass is 252 g/mol. The minimum atomic E-state index is -0.603. The van der Waals surface area contributed by atoms with Crippen LogP contribution in [0.15, 0.2) is 30.3 Å². The zero-order valence-electron chi connectivity index (χ0n) is 10.9. The van der Waals surface area contributed by atoms with Crippen LogP contribution in [0.2, 0.25) is 0 Å². The average Bonchev–Trinajstić information content (AvgIpc) is 2.39. The van der Waals surface area contributed by atoms with E-state index in [1.807, 2.05) is 37.3 Å². The normalized spacial score (nSPS) is 16.2. The van der Waals surface area contributed by atoms with E-state index in [9.17, 15) is 10.2 Å². The molecule has 0 saturated heterocycles. The highest BCUT2D eigenvalue weighted by Crippen LogP contribution is 2.04. The number of nitrogens with two attached hydrogens (primary N) is 1. The molecule has 0 bridgehead atoms. The average molecular weight is 252 g/mol. The van der Waals surface area contributed by atoms with Crippen molar-refractivity contribution in [2.45, 2.75) is 38.0 Å². The molecule has 5 N–H and O–H groups in total. The van der Waals surface area contributed by atoms with Gasteiger partial charge < -0.3 is 21.3 Å². The van der Waals surface area contributed by atoms with E-state index in [-0.39, 0.29) is 12.1 Å². The zero-order valence-corrected chi connectivity index (χ0v) is 10.9. The first-order valence-electron chi connectivity index (χ1n) is 6.49. The van der Waals surface area contributed by atoms with Gasteiger partial charge in [0.25, 0.3) is 0 Å². The molecule has 0 aliphatic carbocycles. The number of benzene rings is 1. The van der Waals surface area contributed by atoms with Crippen molar-refractivity contribution < 1.29 is 10.2 Å². The van der Waals surface area contributed by atoms with Gasteiger partial charge in [0.2, 0.25) is 0 Å². The van der Waals surface area contributed by atoms with Gasteiger partial charge in [0, 0.05) is 19.1 Å². The van der Waals surface area contributed by atoms with Crippen LogP contribution in [-0.4, -0.2) is 41.6 Å². The Kier molecular flexibility index (Phi) is 6.90. The topological polar surface area (TPSA) is 78.5 Å². The van der Waals surface area contributed by atoms with E-state index in [0.717, 1.165) is 5.56 Å². The van der Waals surface area contributed by atoms with E-state index in [0.29, 0.717) is 25.9 Å². The van der Waals surface area contributed by atoms with E-state index < -0.39 is 6.10 Å². The molecule has 3 atom stereocenters. The van der Waals surface area contributed by atoms with Crippen molar-refractivity contribution in [1.29, 1.82) is 0 Å². The van der Waals surface area contributed by atoms with Crippen molar-refractivity contribution in [3.8, 4) is 0 Å². The van der Waals surface area contributed by atoms with Gasteiger partial charge in [0.05, 0.1) is 12.2 Å². The summed E-state index contributed by atoms with van der Waals surface area (Å²) < 4.78 is 0. The summed E-state index contributed by atoms with van der Waals surface area (Å²) in [5, 5.41) is 22.3. The van der Waals surface area contributed by atoms with E-state index in [4.69, 9.17) is 5.73 Å². The van der Waals surface area contributed by atoms with E-state index in [1.165, 1.54) is 0 Å². The molecule has 4 nitrogen and oxygen atoms in total. The maximum absolute atomic E-state index is 9.90. The quantitative estimate of drug-likeness (QED) is 0.536. The summed E-state index contributed by atoms with van der Waals surface area (Å²) in [6, 6.07) is 9.59. The molecule has 1 aromatic carbocycles. The first-order chi connectivity index (χ1) is 8.63. The lowest BCUT2D eigenvalue weighted by molar-refractivity contribution is 0.126. The summed E-state index contributed by atoms with van der Waals surface area (Å²) in [5.74, 6) is 0. The van der Waals surface area contributed by atoms with Crippen LogP contribution < -0.4 is 11.1 Å². The zero-order chi connectivity index (χ0) is 13.4. The highest BCUT2D eigenvalue weighted by atomic mass is 16.3. The van der Waals surface area contributed by atoms with Gasteiger partial charge in [-0.15, -0.1) is 0 Å². The number of nitrogens with one attached hydrogen (secondary N) is 1. The SMILES string of the molecule is CCC(O)CNC[C@@H](O)[C@@H](N)Cc1ccccc1. The van der Waals surface area contributed by atoms with E-state index in [2.05, 4.69) is 5.32 Å². The summed E-state index contributed by atoms with van der Waals surface area (Å²) in [6.07, 6.45) is 0.399. The molecular formula is C14H24N2O2. The Hall–Kier alpha value is -0.940. The van der Waals surface area contributed by atoms with Crippen LogP contribution in [0.1, 0.15) is 18.9 Å². The molecule has 0 amide bonds. The lowest BCUT2D eigenvalue weighted by Gasteiger charge is -2.20. The van der Waals surface area contributed by atoms with Gasteiger partial charge in [0.1, 0.15) is 0 Å². The summed E-state index contributed by atoms with van der Waals surface area (Å²) in [5.41, 5.74) is 7.07. The van der Waals surface area contributed by atoms with Crippen LogP contribution in [0.5, 0.6) is 0 Å². The first kappa shape index (κ1) is 15.1. The van der Waals surface area contributed by atoms with Crippen molar-refractivity contribution in [2.75, 3.05) is 13.1 Å². The van der Waals surface area contributed by atoms with Crippen molar-refractivity contribution in [3.05, 3.63) is 35.9 Å². The molecule has 0 aromatic heterocycles. The fourth-order valence-corrected chi connectivity index (χ4v) is 1.72. The largest absolute Gasteiger partial charge is 0.392 e. The van der Waals surface area contributed by atoms with Crippen LogP contribution in [0.25, 0.3) is 0 Å². The van der Waals surface area contributed by atoms with E-state index >= 15 is 0 Å². The molecule has 0 aliphatic heterocycles. The van der Waals surface area contributed by atoms with Gasteiger partial charge >= 0.3 is 0 Å². The predicted molar refractivity (Wildman–Crippen MR) is 73.3 cm³/mol. The standard InChI is InChI=1S/C14H24N2O2/c1-2-12(17)9-16-10-14(18)13(15)8-11-6-4-3-5-7-11/h3-7,12-14,16-18H,2,8-10,15H2,1H3/t12?,13-,14+/m0/s1. The lowest BCUT2D eigenvalue weighted by atomic mass is 10.0. The second-order valence-electron chi connectivity index (χ2n) is 4.64. The Morgan fingerprint density at radius 2 is 1.83 bits per heavy atom. The smallest absolute Gasteiger partial charge is 0.0818 e. The van der Waals surface area contributed by atoms with Gasteiger partial charge in [-0.2, -0.15) is 0 Å². The van der Waals surface area contributed by atoms with Crippen LogP contribution in [0, 0.1) is 0 Å². The molecule has 0 fully saturated rings. The summed E-state index contributed by atoms with van der Waals surface area (Å²) in [7, 11) is 0. The first-order valence-corrected chi connectivity index (χ1v) is 6.49. The van der Waals surface area contributed by atoms with Gasteiger partial charge in [-0.1, -0.05) is 37.3 Å². The minimum absolute atomic E-state index is 0.293. The third-order valence-corrected chi connectivity index (χ3v) is 3.01. The summed E-state index contributed by atoms with van der Waals surface area (Å²) >= 11 is 0. The third-order valence-electron chi connectivity index (χ3n) is 3.01. The van der Waals surface area contributed by atoms with Gasteiger partial charge in [0.15, 0.2) is 0 Å². The minimum Gasteiger partial charge on any atom is -0.392 e. The number of aliphatic hydroxyl groups excluding tert-OH is 2. The van der Waals surface area contributed by atoms with Crippen molar-refractivity contribution in [1.82, 2.24) is 5.32 Å². The fourth-order valence-electron chi connectivity index (χ4n) is 1.72. The molecule has 0 heterocycles. The number of aliphatic hydroxyl groups is 2. The highest BCUT2D eigenvalue weighted by molar-refractivity contribution is 5.16. The summed E-state index contributed by atoms with van der Waals surface area (Å²) in [6.45, 7) is 2.82. The van der Waals surface area contributed by atoms with Crippen molar-refractivity contribution >= 4 is 0 Å². The Balaban J connectivity index is 2.26. The second kappa shape index (κ2) is 8.21. The van der Waals surface area contributed by atoms with Crippen LogP contribution >= 0.6 is 0 Å². The van der Waals surface area contributed by atoms with Crippen LogP contribution in [0.3, 0.4) is 0 Å². The molecule has 0 saturated carbocycles. The molecule has 1 rings (SSSR count). The Labute approximate surface area is 109 Å². The molecule has 18 heavy (non-hydrogen) atoms. The fraction of sp³-hybridized carbons (Fsp3) is 0.571.